The summed E-state index contributed by atoms with van der Waals surface area (Å²) >= 11 is 0. The molecule has 1 heterocycles. The number of guanidine groups is 1. The standard InChI is InChI=1S/C22H40N6O2.HI/c1-9-22(10-2,27-20(29)30-21(4,5)6)16-26-19(23-11-3)25-15-17-12-13-24-18(14-17)28(7)8;/h12-14H,9-11,15-16H2,1-8H3,(H,27,29)(H2,23,25,26);1H. The number of pyridine rings is 1. The summed E-state index contributed by atoms with van der Waals surface area (Å²) in [6.45, 7) is 13.6. The van der Waals surface area contributed by atoms with E-state index in [1.54, 1.807) is 6.20 Å². The van der Waals surface area contributed by atoms with Gasteiger partial charge < -0.3 is 25.6 Å². The Hall–Kier alpha value is -1.78. The lowest BCUT2D eigenvalue weighted by molar-refractivity contribution is 0.0448. The smallest absolute Gasteiger partial charge is 0.408 e. The van der Waals surface area contributed by atoms with Crippen LogP contribution in [0.5, 0.6) is 0 Å². The Kier molecular flexibility index (Phi) is 12.8. The molecule has 0 radical (unpaired) electrons. The normalized spacial score (nSPS) is 11.9. The van der Waals surface area contributed by atoms with Crippen LogP contribution < -0.4 is 20.9 Å². The third-order valence-electron chi connectivity index (χ3n) is 4.75. The van der Waals surface area contributed by atoms with Gasteiger partial charge in [0.2, 0.25) is 0 Å². The van der Waals surface area contributed by atoms with Gasteiger partial charge in [0.15, 0.2) is 5.96 Å². The molecule has 0 saturated heterocycles. The molecule has 0 fully saturated rings. The average molecular weight is 549 g/mol. The van der Waals surface area contributed by atoms with Crippen molar-refractivity contribution in [2.75, 3.05) is 32.1 Å². The lowest BCUT2D eigenvalue weighted by atomic mass is 9.93. The third kappa shape index (κ3) is 10.9. The zero-order valence-corrected chi connectivity index (χ0v) is 22.7. The fourth-order valence-electron chi connectivity index (χ4n) is 2.81. The number of carbonyl (C=O) groups is 1. The summed E-state index contributed by atoms with van der Waals surface area (Å²) in [6, 6.07) is 3.99. The van der Waals surface area contributed by atoms with E-state index in [4.69, 9.17) is 9.73 Å². The van der Waals surface area contributed by atoms with Crippen LogP contribution in [0.25, 0.3) is 0 Å². The number of aliphatic imine (C=N–C) groups is 1. The molecule has 0 bridgehead atoms. The Balaban J connectivity index is 0.00000900. The van der Waals surface area contributed by atoms with Crippen molar-refractivity contribution in [3.8, 4) is 0 Å². The molecule has 9 heteroatoms. The molecule has 0 saturated carbocycles. The molecule has 1 aromatic rings. The van der Waals surface area contributed by atoms with Crippen LogP contribution in [0, 0.1) is 0 Å². The maximum Gasteiger partial charge on any atom is 0.408 e. The number of rotatable bonds is 9. The van der Waals surface area contributed by atoms with Crippen molar-refractivity contribution < 1.29 is 9.53 Å². The van der Waals surface area contributed by atoms with E-state index in [0.717, 1.165) is 30.8 Å². The predicted octanol–water partition coefficient (Wildman–Crippen LogP) is 3.90. The molecule has 8 nitrogen and oxygen atoms in total. The maximum absolute atomic E-state index is 12.3. The summed E-state index contributed by atoms with van der Waals surface area (Å²) in [5, 5.41) is 9.71. The van der Waals surface area contributed by atoms with Gasteiger partial charge in [-0.3, -0.25) is 0 Å². The highest BCUT2D eigenvalue weighted by molar-refractivity contribution is 14.0. The van der Waals surface area contributed by atoms with Crippen molar-refractivity contribution in [3.63, 3.8) is 0 Å². The first-order chi connectivity index (χ1) is 14.0. The van der Waals surface area contributed by atoms with Crippen molar-refractivity contribution >= 4 is 41.8 Å². The lowest BCUT2D eigenvalue weighted by Crippen LogP contribution is -2.57. The summed E-state index contributed by atoms with van der Waals surface area (Å²) in [5.41, 5.74) is 0.125. The lowest BCUT2D eigenvalue weighted by Gasteiger charge is -2.34. The summed E-state index contributed by atoms with van der Waals surface area (Å²) in [4.78, 5) is 23.3. The number of amides is 1. The molecular weight excluding hydrogens is 507 g/mol. The largest absolute Gasteiger partial charge is 0.444 e. The highest BCUT2D eigenvalue weighted by Gasteiger charge is 2.30. The molecule has 0 atom stereocenters. The van der Waals surface area contributed by atoms with Crippen molar-refractivity contribution in [2.24, 2.45) is 4.99 Å². The molecule has 0 aliphatic carbocycles. The SMILES string of the molecule is CCNC(=NCc1ccnc(N(C)C)c1)NCC(CC)(CC)NC(=O)OC(C)(C)C.I. The highest BCUT2D eigenvalue weighted by Crippen LogP contribution is 2.16. The van der Waals surface area contributed by atoms with Gasteiger partial charge in [0.25, 0.3) is 0 Å². The van der Waals surface area contributed by atoms with E-state index in [1.807, 2.05) is 58.8 Å². The first-order valence-electron chi connectivity index (χ1n) is 10.7. The average Bonchev–Trinajstić information content (AvgIpc) is 2.67. The van der Waals surface area contributed by atoms with Gasteiger partial charge in [0.1, 0.15) is 11.4 Å². The van der Waals surface area contributed by atoms with Crippen LogP contribution in [0.4, 0.5) is 10.6 Å². The van der Waals surface area contributed by atoms with E-state index < -0.39 is 17.2 Å². The first kappa shape index (κ1) is 29.2. The number of aromatic nitrogens is 1. The first-order valence-corrected chi connectivity index (χ1v) is 10.7. The number of ether oxygens (including phenoxy) is 1. The second-order valence-corrected chi connectivity index (χ2v) is 8.58. The topological polar surface area (TPSA) is 90.9 Å². The van der Waals surface area contributed by atoms with Gasteiger partial charge in [-0.15, -0.1) is 24.0 Å². The Morgan fingerprint density at radius 2 is 1.81 bits per heavy atom. The van der Waals surface area contributed by atoms with E-state index >= 15 is 0 Å². The number of hydrogen-bond donors (Lipinski definition) is 3. The minimum atomic E-state index is -0.531. The third-order valence-corrected chi connectivity index (χ3v) is 4.75. The van der Waals surface area contributed by atoms with Gasteiger partial charge in [-0.05, 0) is 58.2 Å². The summed E-state index contributed by atoms with van der Waals surface area (Å²) < 4.78 is 5.45. The number of nitrogens with zero attached hydrogens (tertiary/aromatic N) is 3. The Morgan fingerprint density at radius 3 is 2.32 bits per heavy atom. The number of carbonyl (C=O) groups excluding carboxylic acids is 1. The van der Waals surface area contributed by atoms with Gasteiger partial charge in [-0.25, -0.2) is 14.8 Å². The Bertz CT molecular complexity index is 699. The van der Waals surface area contributed by atoms with Crippen molar-refractivity contribution in [2.45, 2.75) is 72.1 Å². The molecule has 0 aliphatic rings. The van der Waals surface area contributed by atoms with Crippen LogP contribution >= 0.6 is 24.0 Å². The van der Waals surface area contributed by atoms with Crippen LogP contribution in [0.3, 0.4) is 0 Å². The molecule has 0 spiro atoms. The van der Waals surface area contributed by atoms with Gasteiger partial charge in [-0.1, -0.05) is 13.8 Å². The van der Waals surface area contributed by atoms with Crippen LogP contribution in [0.15, 0.2) is 23.3 Å². The second kappa shape index (κ2) is 13.6. The van der Waals surface area contributed by atoms with E-state index in [0.29, 0.717) is 19.0 Å². The van der Waals surface area contributed by atoms with E-state index in [1.165, 1.54) is 0 Å². The van der Waals surface area contributed by atoms with Crippen LogP contribution in [-0.2, 0) is 11.3 Å². The van der Waals surface area contributed by atoms with Crippen LogP contribution in [0.1, 0.15) is 59.9 Å². The quantitative estimate of drug-likeness (QED) is 0.247. The zero-order valence-electron chi connectivity index (χ0n) is 20.3. The van der Waals surface area contributed by atoms with Gasteiger partial charge in [-0.2, -0.15) is 0 Å². The minimum absolute atomic E-state index is 0. The molecule has 3 N–H and O–H groups in total. The number of anilines is 1. The minimum Gasteiger partial charge on any atom is -0.444 e. The van der Waals surface area contributed by atoms with Gasteiger partial charge in [0, 0.05) is 33.4 Å². The highest BCUT2D eigenvalue weighted by atomic mass is 127. The van der Waals surface area contributed by atoms with Gasteiger partial charge in [0.05, 0.1) is 12.1 Å². The van der Waals surface area contributed by atoms with E-state index in [9.17, 15) is 4.79 Å². The molecule has 31 heavy (non-hydrogen) atoms. The summed E-state index contributed by atoms with van der Waals surface area (Å²) in [6.07, 6.45) is 2.94. The molecule has 1 amide bonds. The molecule has 1 rings (SSSR count). The van der Waals surface area contributed by atoms with Crippen molar-refractivity contribution in [1.29, 1.82) is 0 Å². The molecule has 1 aromatic heterocycles. The molecule has 178 valence electrons. The summed E-state index contributed by atoms with van der Waals surface area (Å²) in [5.74, 6) is 1.61. The Morgan fingerprint density at radius 1 is 1.16 bits per heavy atom. The van der Waals surface area contributed by atoms with E-state index in [-0.39, 0.29) is 24.0 Å². The van der Waals surface area contributed by atoms with Crippen molar-refractivity contribution in [3.05, 3.63) is 23.9 Å². The second-order valence-electron chi connectivity index (χ2n) is 8.58. The van der Waals surface area contributed by atoms with Crippen LogP contribution in [-0.4, -0.2) is 55.4 Å². The molecular formula is C22H41IN6O2. The fourth-order valence-corrected chi connectivity index (χ4v) is 2.81. The zero-order chi connectivity index (χ0) is 22.8. The maximum atomic E-state index is 12.3. The number of hydrogen-bond acceptors (Lipinski definition) is 5. The number of halogens is 1. The Labute approximate surface area is 205 Å². The molecule has 0 aromatic carbocycles. The molecule has 0 aliphatic heterocycles. The van der Waals surface area contributed by atoms with Crippen molar-refractivity contribution in [1.82, 2.24) is 20.9 Å². The number of nitrogens with one attached hydrogen (secondary N) is 3. The monoisotopic (exact) mass is 548 g/mol. The summed E-state index contributed by atoms with van der Waals surface area (Å²) in [7, 11) is 3.93. The molecule has 0 unspecified atom stereocenters. The van der Waals surface area contributed by atoms with Gasteiger partial charge >= 0.3 is 6.09 Å². The number of alkyl carbamates (subject to hydrolysis) is 1. The predicted molar refractivity (Wildman–Crippen MR) is 139 cm³/mol. The van der Waals surface area contributed by atoms with E-state index in [2.05, 4.69) is 34.8 Å². The fraction of sp³-hybridized carbons (Fsp3) is 0.682. The van der Waals surface area contributed by atoms with Crippen LogP contribution in [0.2, 0.25) is 0 Å².